The Hall–Kier alpha value is -1.99. The summed E-state index contributed by atoms with van der Waals surface area (Å²) < 4.78 is 0.762. The van der Waals surface area contributed by atoms with Crippen LogP contribution >= 0.6 is 28.1 Å². The van der Waals surface area contributed by atoms with Gasteiger partial charge in [-0.2, -0.15) is 0 Å². The largest absolute Gasteiger partial charge is 0.508 e. The molecule has 1 fully saturated rings. The smallest absolute Gasteiger partial charge is 0.263 e. The molecule has 1 aliphatic rings. The number of nitrogens with one attached hydrogen (secondary N) is 1. The maximum Gasteiger partial charge on any atom is 0.263 e. The number of aromatic nitrogens is 1. The highest BCUT2D eigenvalue weighted by molar-refractivity contribution is 9.10. The van der Waals surface area contributed by atoms with Crippen molar-refractivity contribution in [3.63, 3.8) is 0 Å². The number of halogens is 1. The number of rotatable bonds is 2. The Morgan fingerprint density at radius 2 is 1.95 bits per heavy atom. The second-order valence-electron chi connectivity index (χ2n) is 4.98. The minimum absolute atomic E-state index is 0.132. The third kappa shape index (κ3) is 2.17. The van der Waals surface area contributed by atoms with Crippen LogP contribution in [0.25, 0.3) is 0 Å². The molecule has 0 bridgehead atoms. The third-order valence-corrected chi connectivity index (χ3v) is 4.47. The standard InChI is InChI=1S/C15H12BrN3O2S/c1-19-13(21)15(18-14(19)22,9-2-4-12(20)5-3-9)10-6-11(16)8-17-7-10/h2-8,20H,1H3,(H,18,22). The summed E-state index contributed by atoms with van der Waals surface area (Å²) in [6, 6.07) is 8.30. The first-order chi connectivity index (χ1) is 10.4. The van der Waals surface area contributed by atoms with Crippen LogP contribution in [-0.4, -0.2) is 33.1 Å². The van der Waals surface area contributed by atoms with Crippen molar-refractivity contribution >= 4 is 39.2 Å². The lowest BCUT2D eigenvalue weighted by atomic mass is 9.83. The van der Waals surface area contributed by atoms with E-state index in [1.165, 1.54) is 4.90 Å². The summed E-state index contributed by atoms with van der Waals surface area (Å²) in [6.45, 7) is 0. The molecular formula is C15H12BrN3O2S. The Balaban J connectivity index is 2.26. The fraction of sp³-hybridized carbons (Fsp3) is 0.133. The first-order valence-electron chi connectivity index (χ1n) is 6.46. The van der Waals surface area contributed by atoms with Gasteiger partial charge in [0.25, 0.3) is 5.91 Å². The monoisotopic (exact) mass is 377 g/mol. The number of phenols is 1. The molecule has 0 radical (unpaired) electrons. The first-order valence-corrected chi connectivity index (χ1v) is 7.66. The van der Waals surface area contributed by atoms with E-state index in [9.17, 15) is 9.90 Å². The van der Waals surface area contributed by atoms with Crippen LogP contribution in [-0.2, 0) is 10.3 Å². The second-order valence-corrected chi connectivity index (χ2v) is 6.29. The first kappa shape index (κ1) is 14.9. The van der Waals surface area contributed by atoms with Crippen LogP contribution in [0.5, 0.6) is 5.75 Å². The number of amides is 1. The molecule has 22 heavy (non-hydrogen) atoms. The van der Waals surface area contributed by atoms with Crippen molar-refractivity contribution < 1.29 is 9.90 Å². The van der Waals surface area contributed by atoms with Crippen molar-refractivity contribution in [1.82, 2.24) is 15.2 Å². The number of hydrogen-bond acceptors (Lipinski definition) is 4. The highest BCUT2D eigenvalue weighted by atomic mass is 79.9. The average Bonchev–Trinajstić information content (AvgIpc) is 2.73. The van der Waals surface area contributed by atoms with Crippen LogP contribution in [0.3, 0.4) is 0 Å². The normalized spacial score (nSPS) is 21.1. The van der Waals surface area contributed by atoms with Crippen LogP contribution in [0.1, 0.15) is 11.1 Å². The minimum Gasteiger partial charge on any atom is -0.508 e. The van der Waals surface area contributed by atoms with E-state index in [1.807, 2.05) is 6.07 Å². The van der Waals surface area contributed by atoms with E-state index >= 15 is 0 Å². The number of aromatic hydroxyl groups is 1. The fourth-order valence-corrected chi connectivity index (χ4v) is 3.13. The third-order valence-electron chi connectivity index (χ3n) is 3.66. The van der Waals surface area contributed by atoms with Gasteiger partial charge in [-0.25, -0.2) is 0 Å². The molecule has 0 spiro atoms. The number of nitrogens with zero attached hydrogens (tertiary/aromatic N) is 2. The molecule has 0 saturated carbocycles. The summed E-state index contributed by atoms with van der Waals surface area (Å²) in [5.41, 5.74) is 0.210. The summed E-state index contributed by atoms with van der Waals surface area (Å²) in [6.07, 6.45) is 3.28. The van der Waals surface area contributed by atoms with Gasteiger partial charge >= 0.3 is 0 Å². The van der Waals surface area contributed by atoms with Gasteiger partial charge < -0.3 is 10.4 Å². The van der Waals surface area contributed by atoms with Gasteiger partial charge in [0.2, 0.25) is 0 Å². The summed E-state index contributed by atoms with van der Waals surface area (Å²) in [5, 5.41) is 13.0. The Morgan fingerprint density at radius 1 is 1.27 bits per heavy atom. The number of benzene rings is 1. The van der Waals surface area contributed by atoms with Crippen molar-refractivity contribution in [3.05, 3.63) is 58.3 Å². The number of phenolic OH excluding ortho intramolecular Hbond substituents is 1. The minimum atomic E-state index is -1.14. The van der Waals surface area contributed by atoms with E-state index < -0.39 is 5.54 Å². The molecule has 1 unspecified atom stereocenters. The molecule has 1 aromatic heterocycles. The average molecular weight is 378 g/mol. The van der Waals surface area contributed by atoms with Gasteiger partial charge in [-0.3, -0.25) is 14.7 Å². The highest BCUT2D eigenvalue weighted by Gasteiger charge is 2.51. The summed E-state index contributed by atoms with van der Waals surface area (Å²) in [4.78, 5) is 18.5. The van der Waals surface area contributed by atoms with E-state index in [1.54, 1.807) is 43.7 Å². The van der Waals surface area contributed by atoms with Crippen LogP contribution in [0.4, 0.5) is 0 Å². The van der Waals surface area contributed by atoms with Gasteiger partial charge in [0.05, 0.1) is 0 Å². The molecule has 2 N–H and O–H groups in total. The number of pyridine rings is 1. The number of hydrogen-bond donors (Lipinski definition) is 2. The molecule has 5 nitrogen and oxygen atoms in total. The van der Waals surface area contributed by atoms with Crippen molar-refractivity contribution in [2.75, 3.05) is 7.05 Å². The molecule has 1 saturated heterocycles. The van der Waals surface area contributed by atoms with Gasteiger partial charge in [0, 0.05) is 29.5 Å². The molecule has 0 aliphatic carbocycles. The summed E-state index contributed by atoms with van der Waals surface area (Å²) in [7, 11) is 1.63. The number of carbonyl (C=O) groups excluding carboxylic acids is 1. The number of carbonyl (C=O) groups is 1. The van der Waals surface area contributed by atoms with Crippen molar-refractivity contribution in [3.8, 4) is 5.75 Å². The number of thiocarbonyl (C=S) groups is 1. The zero-order valence-corrected chi connectivity index (χ0v) is 14.0. The quantitative estimate of drug-likeness (QED) is 0.784. The molecule has 3 rings (SSSR count). The predicted molar refractivity (Wildman–Crippen MR) is 89.3 cm³/mol. The summed E-state index contributed by atoms with van der Waals surface area (Å²) in [5.74, 6) is -0.0595. The molecule has 1 aliphatic heterocycles. The molecule has 7 heteroatoms. The lowest BCUT2D eigenvalue weighted by Crippen LogP contribution is -2.45. The maximum atomic E-state index is 12.9. The van der Waals surface area contributed by atoms with Crippen molar-refractivity contribution in [2.45, 2.75) is 5.54 Å². The molecule has 2 aromatic rings. The Bertz CT molecular complexity index is 766. The lowest BCUT2D eigenvalue weighted by molar-refractivity contribution is -0.129. The van der Waals surface area contributed by atoms with Crippen LogP contribution in [0.2, 0.25) is 0 Å². The van der Waals surface area contributed by atoms with E-state index in [2.05, 4.69) is 26.2 Å². The van der Waals surface area contributed by atoms with E-state index in [0.717, 1.165) is 4.47 Å². The molecule has 2 heterocycles. The fourth-order valence-electron chi connectivity index (χ4n) is 2.53. The van der Waals surface area contributed by atoms with E-state index in [-0.39, 0.29) is 11.7 Å². The zero-order chi connectivity index (χ0) is 15.9. The SMILES string of the molecule is CN1C(=O)C(c2ccc(O)cc2)(c2cncc(Br)c2)NC1=S. The molecular weight excluding hydrogens is 366 g/mol. The Kier molecular flexibility index (Phi) is 3.62. The Morgan fingerprint density at radius 3 is 2.50 bits per heavy atom. The second kappa shape index (κ2) is 5.33. The van der Waals surface area contributed by atoms with Crippen LogP contribution in [0, 0.1) is 0 Å². The van der Waals surface area contributed by atoms with Gasteiger partial charge in [0.1, 0.15) is 5.75 Å². The number of likely N-dealkylation sites (N-methyl/N-ethyl adjacent to an activating group) is 1. The van der Waals surface area contributed by atoms with Gasteiger partial charge in [-0.15, -0.1) is 0 Å². The van der Waals surface area contributed by atoms with Crippen LogP contribution in [0.15, 0.2) is 47.2 Å². The maximum absolute atomic E-state index is 12.9. The topological polar surface area (TPSA) is 65.5 Å². The Labute approximate surface area is 141 Å². The van der Waals surface area contributed by atoms with Crippen molar-refractivity contribution in [2.24, 2.45) is 0 Å². The molecule has 1 amide bonds. The van der Waals surface area contributed by atoms with Gasteiger partial charge in [-0.05, 0) is 51.9 Å². The van der Waals surface area contributed by atoms with E-state index in [4.69, 9.17) is 12.2 Å². The van der Waals surface area contributed by atoms with Gasteiger partial charge in [0.15, 0.2) is 10.7 Å². The van der Waals surface area contributed by atoms with Gasteiger partial charge in [-0.1, -0.05) is 12.1 Å². The van der Waals surface area contributed by atoms with Crippen molar-refractivity contribution in [1.29, 1.82) is 0 Å². The molecule has 1 aromatic carbocycles. The highest BCUT2D eigenvalue weighted by Crippen LogP contribution is 2.36. The van der Waals surface area contributed by atoms with Crippen LogP contribution < -0.4 is 5.32 Å². The summed E-state index contributed by atoms with van der Waals surface area (Å²) >= 11 is 8.62. The predicted octanol–water partition coefficient (Wildman–Crippen LogP) is 2.14. The zero-order valence-electron chi connectivity index (χ0n) is 11.6. The lowest BCUT2D eigenvalue weighted by Gasteiger charge is -2.28. The molecule has 1 atom stereocenters. The van der Waals surface area contributed by atoms with E-state index in [0.29, 0.717) is 16.2 Å². The molecule has 112 valence electrons.